The van der Waals surface area contributed by atoms with Gasteiger partial charge in [0.15, 0.2) is 0 Å². The number of carbonyl (C=O) groups is 1. The zero-order valence-corrected chi connectivity index (χ0v) is 13.6. The summed E-state index contributed by atoms with van der Waals surface area (Å²) in [6.45, 7) is 5.94. The second-order valence-corrected chi connectivity index (χ2v) is 6.72. The Hall–Kier alpha value is -1.73. The Balaban J connectivity index is 1.63. The number of amides is 1. The lowest BCUT2D eigenvalue weighted by Crippen LogP contribution is -2.31. The minimum Gasteiger partial charge on any atom is -0.373 e. The van der Waals surface area contributed by atoms with E-state index in [1.165, 1.54) is 0 Å². The molecular formula is C15H20N4O2S. The fraction of sp³-hybridized carbons (Fsp3) is 0.533. The average Bonchev–Trinajstić information content (AvgIpc) is 3.24. The topological polar surface area (TPSA) is 69.0 Å². The summed E-state index contributed by atoms with van der Waals surface area (Å²) in [5.41, 5.74) is 0.976. The number of aromatic nitrogens is 3. The van der Waals surface area contributed by atoms with Gasteiger partial charge in [0.2, 0.25) is 5.91 Å². The zero-order valence-electron chi connectivity index (χ0n) is 12.8. The van der Waals surface area contributed by atoms with Gasteiger partial charge in [-0.1, -0.05) is 0 Å². The van der Waals surface area contributed by atoms with Gasteiger partial charge in [-0.3, -0.25) is 9.48 Å². The average molecular weight is 320 g/mol. The molecule has 0 aliphatic carbocycles. The molecule has 0 unspecified atom stereocenters. The molecule has 2 aromatic rings. The van der Waals surface area contributed by atoms with Crippen LogP contribution in [0.3, 0.4) is 0 Å². The van der Waals surface area contributed by atoms with Gasteiger partial charge < -0.3 is 10.1 Å². The van der Waals surface area contributed by atoms with Crippen molar-refractivity contribution in [3.63, 3.8) is 0 Å². The molecule has 1 amide bonds. The van der Waals surface area contributed by atoms with E-state index in [2.05, 4.69) is 15.4 Å². The largest absolute Gasteiger partial charge is 0.373 e. The number of hydrogen-bond donors (Lipinski definition) is 1. The van der Waals surface area contributed by atoms with Crippen molar-refractivity contribution in [3.8, 4) is 0 Å². The highest BCUT2D eigenvalue weighted by Gasteiger charge is 2.35. The molecule has 0 aromatic carbocycles. The Labute approximate surface area is 133 Å². The summed E-state index contributed by atoms with van der Waals surface area (Å²) >= 11 is 1.61. The highest BCUT2D eigenvalue weighted by atomic mass is 32.1. The van der Waals surface area contributed by atoms with Crippen LogP contribution in [0.15, 0.2) is 18.6 Å². The molecule has 0 bridgehead atoms. The van der Waals surface area contributed by atoms with Crippen molar-refractivity contribution in [1.29, 1.82) is 0 Å². The van der Waals surface area contributed by atoms with E-state index in [0.717, 1.165) is 28.4 Å². The Bertz CT molecular complexity index is 652. The number of rotatable bonds is 5. The Morgan fingerprint density at radius 1 is 1.55 bits per heavy atom. The first-order valence-electron chi connectivity index (χ1n) is 7.50. The fourth-order valence-corrected chi connectivity index (χ4v) is 3.39. The maximum atomic E-state index is 12.4. The van der Waals surface area contributed by atoms with Crippen molar-refractivity contribution < 1.29 is 9.53 Å². The van der Waals surface area contributed by atoms with Crippen LogP contribution in [-0.4, -0.2) is 27.3 Å². The van der Waals surface area contributed by atoms with E-state index < -0.39 is 0 Å². The number of nitrogens with zero attached hydrogens (tertiary/aromatic N) is 3. The van der Waals surface area contributed by atoms with Crippen LogP contribution >= 0.6 is 11.3 Å². The van der Waals surface area contributed by atoms with Crippen LogP contribution in [0.2, 0.25) is 0 Å². The normalized spacial score (nSPS) is 21.2. The van der Waals surface area contributed by atoms with Crippen LogP contribution in [-0.2, 0) is 22.6 Å². The van der Waals surface area contributed by atoms with Crippen LogP contribution in [0.25, 0.3) is 0 Å². The molecule has 118 valence electrons. The number of nitrogens with one attached hydrogen (secondary N) is 1. The maximum absolute atomic E-state index is 12.4. The van der Waals surface area contributed by atoms with Gasteiger partial charge in [0, 0.05) is 36.0 Å². The van der Waals surface area contributed by atoms with Crippen LogP contribution in [0.4, 0.5) is 0 Å². The smallest absolute Gasteiger partial charge is 0.226 e. The molecule has 1 aliphatic rings. The van der Waals surface area contributed by atoms with Gasteiger partial charge in [0.25, 0.3) is 0 Å². The molecule has 2 aromatic heterocycles. The first-order chi connectivity index (χ1) is 10.7. The van der Waals surface area contributed by atoms with Crippen molar-refractivity contribution in [1.82, 2.24) is 20.1 Å². The third kappa shape index (κ3) is 3.20. The van der Waals surface area contributed by atoms with Gasteiger partial charge in [-0.25, -0.2) is 4.98 Å². The van der Waals surface area contributed by atoms with Gasteiger partial charge in [-0.2, -0.15) is 5.10 Å². The second kappa shape index (κ2) is 6.58. The summed E-state index contributed by atoms with van der Waals surface area (Å²) in [5, 5.41) is 8.17. The van der Waals surface area contributed by atoms with Crippen molar-refractivity contribution >= 4 is 17.2 Å². The first-order valence-corrected chi connectivity index (χ1v) is 8.32. The molecule has 22 heavy (non-hydrogen) atoms. The molecule has 6 nitrogen and oxygen atoms in total. The van der Waals surface area contributed by atoms with Crippen molar-refractivity contribution in [2.45, 2.75) is 39.5 Å². The summed E-state index contributed by atoms with van der Waals surface area (Å²) in [6.07, 6.45) is 6.13. The van der Waals surface area contributed by atoms with E-state index >= 15 is 0 Å². The third-order valence-corrected chi connectivity index (χ3v) is 4.73. The predicted octanol–water partition coefficient (Wildman–Crippen LogP) is 2.06. The van der Waals surface area contributed by atoms with E-state index in [-0.39, 0.29) is 17.9 Å². The number of aryl methyl sites for hydroxylation is 2. The number of ether oxygens (including phenoxy) is 1. The molecule has 0 spiro atoms. The molecule has 1 saturated heterocycles. The summed E-state index contributed by atoms with van der Waals surface area (Å²) in [5.74, 6) is -0.129. The summed E-state index contributed by atoms with van der Waals surface area (Å²) in [4.78, 5) is 17.9. The standard InChI is InChI=1S/C15H20N4O2S/c1-3-19-9-11(7-18-19)14-12(4-5-21-14)15(20)17-8-13-16-6-10(2)22-13/h6-7,9,12,14H,3-5,8H2,1-2H3,(H,17,20)/t12-,14+/m0/s1. The lowest BCUT2D eigenvalue weighted by atomic mass is 9.96. The fourth-order valence-electron chi connectivity index (χ4n) is 2.66. The summed E-state index contributed by atoms with van der Waals surface area (Å²) in [6, 6.07) is 0. The third-order valence-electron chi connectivity index (χ3n) is 3.82. The molecule has 3 rings (SSSR count). The van der Waals surface area contributed by atoms with Crippen molar-refractivity contribution in [2.75, 3.05) is 6.61 Å². The van der Waals surface area contributed by atoms with E-state index in [9.17, 15) is 4.79 Å². The monoisotopic (exact) mass is 320 g/mol. The summed E-state index contributed by atoms with van der Waals surface area (Å²) in [7, 11) is 0. The zero-order chi connectivity index (χ0) is 15.5. The summed E-state index contributed by atoms with van der Waals surface area (Å²) < 4.78 is 7.61. The van der Waals surface area contributed by atoms with Gasteiger partial charge in [-0.05, 0) is 20.3 Å². The molecule has 0 saturated carbocycles. The molecule has 2 atom stereocenters. The van der Waals surface area contributed by atoms with Crippen LogP contribution in [0.1, 0.15) is 34.9 Å². The molecule has 1 N–H and O–H groups in total. The van der Waals surface area contributed by atoms with E-state index in [0.29, 0.717) is 13.2 Å². The Morgan fingerprint density at radius 3 is 3.09 bits per heavy atom. The molecule has 0 radical (unpaired) electrons. The maximum Gasteiger partial charge on any atom is 0.226 e. The van der Waals surface area contributed by atoms with E-state index in [4.69, 9.17) is 4.74 Å². The minimum atomic E-state index is -0.196. The second-order valence-electron chi connectivity index (χ2n) is 5.40. The lowest BCUT2D eigenvalue weighted by Gasteiger charge is -2.16. The molecule has 1 aliphatic heterocycles. The van der Waals surface area contributed by atoms with E-state index in [1.807, 2.05) is 30.9 Å². The van der Waals surface area contributed by atoms with Crippen LogP contribution < -0.4 is 5.32 Å². The minimum absolute atomic E-state index is 0.0274. The number of hydrogen-bond acceptors (Lipinski definition) is 5. The Morgan fingerprint density at radius 2 is 2.41 bits per heavy atom. The Kier molecular flexibility index (Phi) is 4.54. The molecule has 1 fully saturated rings. The van der Waals surface area contributed by atoms with Crippen molar-refractivity contribution in [2.24, 2.45) is 5.92 Å². The van der Waals surface area contributed by atoms with Crippen molar-refractivity contribution in [3.05, 3.63) is 34.0 Å². The molecule has 7 heteroatoms. The van der Waals surface area contributed by atoms with Crippen LogP contribution in [0.5, 0.6) is 0 Å². The number of thiazole rings is 1. The molecular weight excluding hydrogens is 300 g/mol. The highest BCUT2D eigenvalue weighted by molar-refractivity contribution is 7.11. The van der Waals surface area contributed by atoms with Gasteiger partial charge in [-0.15, -0.1) is 11.3 Å². The first kappa shape index (κ1) is 15.2. The van der Waals surface area contributed by atoms with E-state index in [1.54, 1.807) is 17.5 Å². The van der Waals surface area contributed by atoms with Gasteiger partial charge in [0.1, 0.15) is 5.01 Å². The quantitative estimate of drug-likeness (QED) is 0.915. The molecule has 3 heterocycles. The van der Waals surface area contributed by atoms with Crippen LogP contribution in [0, 0.1) is 12.8 Å². The lowest BCUT2D eigenvalue weighted by molar-refractivity contribution is -0.126. The highest BCUT2D eigenvalue weighted by Crippen LogP contribution is 2.34. The van der Waals surface area contributed by atoms with Gasteiger partial charge >= 0.3 is 0 Å². The number of carbonyl (C=O) groups excluding carboxylic acids is 1. The van der Waals surface area contributed by atoms with Gasteiger partial charge in [0.05, 0.1) is 24.8 Å². The SMILES string of the molecule is CCn1cc([C@H]2OCC[C@@H]2C(=O)NCc2ncc(C)s2)cn1. The predicted molar refractivity (Wildman–Crippen MR) is 83.4 cm³/mol.